The van der Waals surface area contributed by atoms with Gasteiger partial charge < -0.3 is 9.84 Å². The number of hydrogen-bond donors (Lipinski definition) is 1. The summed E-state index contributed by atoms with van der Waals surface area (Å²) >= 11 is 0. The summed E-state index contributed by atoms with van der Waals surface area (Å²) in [5.41, 5.74) is 0. The lowest BCUT2D eigenvalue weighted by molar-refractivity contribution is -0.0443. The zero-order chi connectivity index (χ0) is 11.6. The molecule has 0 saturated carbocycles. The van der Waals surface area contributed by atoms with Gasteiger partial charge in [-0.25, -0.2) is 8.42 Å². The van der Waals surface area contributed by atoms with Crippen molar-refractivity contribution in [3.05, 3.63) is 0 Å². The van der Waals surface area contributed by atoms with Crippen LogP contribution in [0.3, 0.4) is 0 Å². The molecule has 5 nitrogen and oxygen atoms in total. The van der Waals surface area contributed by atoms with E-state index in [1.54, 1.807) is 0 Å². The van der Waals surface area contributed by atoms with Crippen LogP contribution in [0.5, 0.6) is 0 Å². The van der Waals surface area contributed by atoms with Crippen molar-refractivity contribution in [2.75, 3.05) is 19.7 Å². The van der Waals surface area contributed by atoms with E-state index >= 15 is 0 Å². The van der Waals surface area contributed by atoms with Crippen LogP contribution in [0.4, 0.5) is 0 Å². The Morgan fingerprint density at radius 1 is 1.40 bits per heavy atom. The molecule has 1 N–H and O–H groups in total. The Kier molecular flexibility index (Phi) is 4.11. The Hall–Kier alpha value is -0.170. The van der Waals surface area contributed by atoms with Crippen LogP contribution in [0.1, 0.15) is 20.8 Å². The Morgan fingerprint density at radius 3 is 2.27 bits per heavy atom. The van der Waals surface area contributed by atoms with Gasteiger partial charge >= 0.3 is 0 Å². The first-order valence-electron chi connectivity index (χ1n) is 5.13. The summed E-state index contributed by atoms with van der Waals surface area (Å²) in [6.45, 7) is 5.61. The fraction of sp³-hybridized carbons (Fsp3) is 1.00. The van der Waals surface area contributed by atoms with Crippen LogP contribution in [-0.4, -0.2) is 55.0 Å². The molecule has 1 fully saturated rings. The first-order chi connectivity index (χ1) is 6.87. The van der Waals surface area contributed by atoms with Crippen LogP contribution in [0, 0.1) is 0 Å². The van der Waals surface area contributed by atoms with Gasteiger partial charge in [0, 0.05) is 13.1 Å². The molecule has 1 aliphatic heterocycles. The Morgan fingerprint density at radius 2 is 1.87 bits per heavy atom. The smallest absolute Gasteiger partial charge is 0.219 e. The van der Waals surface area contributed by atoms with Crippen LogP contribution < -0.4 is 0 Å². The van der Waals surface area contributed by atoms with E-state index in [1.165, 1.54) is 11.2 Å². The van der Waals surface area contributed by atoms with Crippen LogP contribution in [0.15, 0.2) is 0 Å². The molecule has 1 saturated heterocycles. The van der Waals surface area contributed by atoms with Gasteiger partial charge in [0.05, 0.1) is 24.1 Å². The molecule has 0 aromatic carbocycles. The van der Waals surface area contributed by atoms with Crippen molar-refractivity contribution >= 4 is 10.0 Å². The summed E-state index contributed by atoms with van der Waals surface area (Å²) in [5.74, 6) is 0. The highest BCUT2D eigenvalue weighted by Gasteiger charge is 2.34. The minimum absolute atomic E-state index is 0.0885. The minimum Gasteiger partial charge on any atom is -0.395 e. The van der Waals surface area contributed by atoms with E-state index in [0.717, 1.165) is 0 Å². The van der Waals surface area contributed by atoms with Crippen molar-refractivity contribution in [3.63, 3.8) is 0 Å². The van der Waals surface area contributed by atoms with Crippen molar-refractivity contribution in [1.82, 2.24) is 4.31 Å². The number of ether oxygens (including phenoxy) is 1. The third-order valence-electron chi connectivity index (χ3n) is 2.51. The molecule has 6 heteroatoms. The third-order valence-corrected chi connectivity index (χ3v) is 4.70. The molecular weight excluding hydrogens is 218 g/mol. The highest BCUT2D eigenvalue weighted by molar-refractivity contribution is 7.89. The van der Waals surface area contributed by atoms with Crippen LogP contribution in [0.2, 0.25) is 0 Å². The predicted molar refractivity (Wildman–Crippen MR) is 57.0 cm³/mol. The first-order valence-corrected chi connectivity index (χ1v) is 6.63. The minimum atomic E-state index is -3.37. The number of aliphatic hydroxyl groups excluding tert-OH is 1. The monoisotopic (exact) mass is 237 g/mol. The van der Waals surface area contributed by atoms with Crippen molar-refractivity contribution in [2.24, 2.45) is 0 Å². The summed E-state index contributed by atoms with van der Waals surface area (Å²) in [6, 6.07) is 0. The molecule has 1 heterocycles. The molecule has 1 aliphatic rings. The number of hydrogen-bond acceptors (Lipinski definition) is 4. The van der Waals surface area contributed by atoms with Crippen LogP contribution in [-0.2, 0) is 14.8 Å². The second-order valence-electron chi connectivity index (χ2n) is 4.11. The predicted octanol–water partition coefficient (Wildman–Crippen LogP) is -0.194. The van der Waals surface area contributed by atoms with E-state index in [2.05, 4.69) is 0 Å². The largest absolute Gasteiger partial charge is 0.395 e. The maximum Gasteiger partial charge on any atom is 0.219 e. The van der Waals surface area contributed by atoms with Gasteiger partial charge in [-0.05, 0) is 20.8 Å². The molecule has 90 valence electrons. The molecule has 0 aromatic rings. The van der Waals surface area contributed by atoms with E-state index in [1.807, 2.05) is 13.8 Å². The highest BCUT2D eigenvalue weighted by atomic mass is 32.2. The summed E-state index contributed by atoms with van der Waals surface area (Å²) in [4.78, 5) is 0. The molecule has 0 aliphatic carbocycles. The van der Waals surface area contributed by atoms with Gasteiger partial charge in [0.25, 0.3) is 0 Å². The average molecular weight is 237 g/mol. The van der Waals surface area contributed by atoms with E-state index in [4.69, 9.17) is 9.84 Å². The molecular formula is C9H19NO4S. The van der Waals surface area contributed by atoms with Crippen LogP contribution in [0.25, 0.3) is 0 Å². The second-order valence-corrected chi connectivity index (χ2v) is 6.46. The van der Waals surface area contributed by atoms with Crippen molar-refractivity contribution in [2.45, 2.75) is 38.2 Å². The van der Waals surface area contributed by atoms with E-state index in [9.17, 15) is 8.42 Å². The molecule has 1 rings (SSSR count). The molecule has 3 atom stereocenters. The maximum absolute atomic E-state index is 11.9. The Labute approximate surface area is 91.1 Å². The standard InChI is InChI=1S/C9H19NO4S/c1-7-4-10(5-8(2)14-7)15(12,13)9(3)6-11/h7-9,11H,4-6H2,1-3H3/t7-,8+,9?. The number of rotatable bonds is 3. The zero-order valence-electron chi connectivity index (χ0n) is 9.38. The van der Waals surface area contributed by atoms with E-state index < -0.39 is 15.3 Å². The molecule has 0 aromatic heterocycles. The maximum atomic E-state index is 11.9. The van der Waals surface area contributed by atoms with Gasteiger partial charge in [0.15, 0.2) is 0 Å². The third kappa shape index (κ3) is 2.90. The second kappa shape index (κ2) is 4.78. The van der Waals surface area contributed by atoms with Gasteiger partial charge in [0.2, 0.25) is 10.0 Å². The summed E-state index contributed by atoms with van der Waals surface area (Å²) < 4.78 is 30.7. The van der Waals surface area contributed by atoms with Crippen molar-refractivity contribution in [3.8, 4) is 0 Å². The molecule has 0 radical (unpaired) electrons. The van der Waals surface area contributed by atoms with Crippen molar-refractivity contribution in [1.29, 1.82) is 0 Å². The Bertz CT molecular complexity index is 293. The topological polar surface area (TPSA) is 66.8 Å². The molecule has 1 unspecified atom stereocenters. The number of sulfonamides is 1. The molecule has 0 spiro atoms. The summed E-state index contributed by atoms with van der Waals surface area (Å²) in [5, 5.41) is 8.16. The van der Waals surface area contributed by atoms with Gasteiger partial charge in [-0.1, -0.05) is 0 Å². The van der Waals surface area contributed by atoms with Gasteiger partial charge in [-0.2, -0.15) is 4.31 Å². The van der Waals surface area contributed by atoms with E-state index in [0.29, 0.717) is 13.1 Å². The quantitative estimate of drug-likeness (QED) is 0.738. The first kappa shape index (κ1) is 12.9. The lowest BCUT2D eigenvalue weighted by Crippen LogP contribution is -2.51. The molecule has 0 amide bonds. The lowest BCUT2D eigenvalue weighted by atomic mass is 10.3. The molecule has 0 bridgehead atoms. The zero-order valence-corrected chi connectivity index (χ0v) is 10.2. The number of nitrogens with zero attached hydrogens (tertiary/aromatic N) is 1. The van der Waals surface area contributed by atoms with Crippen LogP contribution >= 0.6 is 0 Å². The number of morpholine rings is 1. The van der Waals surface area contributed by atoms with Crippen molar-refractivity contribution < 1.29 is 18.3 Å². The summed E-state index contributed by atoms with van der Waals surface area (Å²) in [6.07, 6.45) is -0.177. The highest BCUT2D eigenvalue weighted by Crippen LogP contribution is 2.17. The number of aliphatic hydroxyl groups is 1. The average Bonchev–Trinajstić information content (AvgIpc) is 2.15. The fourth-order valence-corrected chi connectivity index (χ4v) is 3.22. The van der Waals surface area contributed by atoms with Gasteiger partial charge in [-0.3, -0.25) is 0 Å². The SMILES string of the molecule is CC(CO)S(=O)(=O)N1C[C@@H](C)O[C@@H](C)C1. The molecule has 15 heavy (non-hydrogen) atoms. The fourth-order valence-electron chi connectivity index (χ4n) is 1.69. The normalized spacial score (nSPS) is 31.5. The van der Waals surface area contributed by atoms with Gasteiger partial charge in [0.1, 0.15) is 0 Å². The summed E-state index contributed by atoms with van der Waals surface area (Å²) in [7, 11) is -3.37. The lowest BCUT2D eigenvalue weighted by Gasteiger charge is -2.35. The Balaban J connectivity index is 2.79. The van der Waals surface area contributed by atoms with Gasteiger partial charge in [-0.15, -0.1) is 0 Å². The van der Waals surface area contributed by atoms with E-state index in [-0.39, 0.29) is 18.8 Å².